The maximum Gasteiger partial charge on any atom is 0.337 e. The summed E-state index contributed by atoms with van der Waals surface area (Å²) in [5.74, 6) is -2.08. The van der Waals surface area contributed by atoms with Crippen LogP contribution in [0.2, 0.25) is 5.15 Å². The number of hydrogen-bond acceptors (Lipinski definition) is 4. The topological polar surface area (TPSA) is 80.9 Å². The van der Waals surface area contributed by atoms with Gasteiger partial charge in [-0.05, 0) is 60.5 Å². The fraction of sp³-hybridized carbons (Fsp3) is 0.0435. The summed E-state index contributed by atoms with van der Waals surface area (Å²) in [5, 5.41) is 10.1. The molecule has 0 saturated heterocycles. The van der Waals surface area contributed by atoms with E-state index in [1.54, 1.807) is 29.7 Å². The number of carboxylic acid groups (broad SMARTS) is 1. The molecule has 0 saturated carbocycles. The predicted molar refractivity (Wildman–Crippen MR) is 116 cm³/mol. The van der Waals surface area contributed by atoms with Crippen LogP contribution in [0.1, 0.15) is 16.2 Å². The van der Waals surface area contributed by atoms with Crippen molar-refractivity contribution < 1.29 is 18.7 Å². The Kier molecular flexibility index (Phi) is 4.60. The first kappa shape index (κ1) is 20.0. The standard InChI is InChI=1S/C23H13ClF2N4O2/c1-11-29-21-14(23(31)32)8-13(12-4-6-27-19(24)10-12)9-18(21)30(11)17-5-7-28-22-16(26)3-2-15(25)20(17)22/h2-10H,1H3,(H,31,32). The number of hydrogen-bond donors (Lipinski definition) is 1. The van der Waals surface area contributed by atoms with E-state index in [0.29, 0.717) is 28.2 Å². The molecule has 2 aromatic carbocycles. The van der Waals surface area contributed by atoms with Crippen molar-refractivity contribution in [1.82, 2.24) is 19.5 Å². The van der Waals surface area contributed by atoms with E-state index in [1.165, 1.54) is 24.5 Å². The molecule has 0 aliphatic heterocycles. The van der Waals surface area contributed by atoms with Crippen LogP contribution in [0.4, 0.5) is 8.78 Å². The first-order chi connectivity index (χ1) is 15.3. The lowest BCUT2D eigenvalue weighted by molar-refractivity contribution is 0.0699. The summed E-state index contributed by atoms with van der Waals surface area (Å²) in [4.78, 5) is 24.4. The molecule has 5 rings (SSSR count). The lowest BCUT2D eigenvalue weighted by Crippen LogP contribution is -2.02. The Hall–Kier alpha value is -3.91. The number of aryl methyl sites for hydroxylation is 1. The SMILES string of the molecule is Cc1nc2c(C(=O)O)cc(-c3ccnc(Cl)c3)cc2n1-c1ccnc2c(F)ccc(F)c12. The third-order valence-electron chi connectivity index (χ3n) is 5.23. The van der Waals surface area contributed by atoms with Gasteiger partial charge in [-0.25, -0.2) is 23.5 Å². The number of aromatic carboxylic acids is 1. The van der Waals surface area contributed by atoms with Gasteiger partial charge in [0.15, 0.2) is 0 Å². The predicted octanol–water partition coefficient (Wildman–Crippen LogP) is 5.57. The molecule has 158 valence electrons. The smallest absolute Gasteiger partial charge is 0.337 e. The molecule has 0 spiro atoms. The maximum absolute atomic E-state index is 14.8. The van der Waals surface area contributed by atoms with Gasteiger partial charge in [-0.1, -0.05) is 11.6 Å². The van der Waals surface area contributed by atoms with Gasteiger partial charge in [-0.15, -0.1) is 0 Å². The highest BCUT2D eigenvalue weighted by Gasteiger charge is 2.21. The average molecular weight is 451 g/mol. The van der Waals surface area contributed by atoms with E-state index in [9.17, 15) is 18.7 Å². The highest BCUT2D eigenvalue weighted by atomic mass is 35.5. The molecule has 0 fully saturated rings. The van der Waals surface area contributed by atoms with Crippen molar-refractivity contribution in [3.05, 3.63) is 83.0 Å². The first-order valence-electron chi connectivity index (χ1n) is 9.46. The van der Waals surface area contributed by atoms with Crippen molar-refractivity contribution in [2.45, 2.75) is 6.92 Å². The van der Waals surface area contributed by atoms with E-state index >= 15 is 0 Å². The molecule has 3 aromatic heterocycles. The number of halogens is 3. The lowest BCUT2D eigenvalue weighted by atomic mass is 10.0. The van der Waals surface area contributed by atoms with Crippen LogP contribution in [0.5, 0.6) is 0 Å². The van der Waals surface area contributed by atoms with Crippen LogP contribution in [0.3, 0.4) is 0 Å². The Morgan fingerprint density at radius 3 is 2.47 bits per heavy atom. The van der Waals surface area contributed by atoms with E-state index in [-0.39, 0.29) is 27.1 Å². The molecule has 0 radical (unpaired) electrons. The second-order valence-electron chi connectivity index (χ2n) is 7.14. The van der Waals surface area contributed by atoms with Crippen molar-refractivity contribution in [3.63, 3.8) is 0 Å². The zero-order valence-corrected chi connectivity index (χ0v) is 17.2. The molecule has 3 heterocycles. The zero-order valence-electron chi connectivity index (χ0n) is 16.5. The van der Waals surface area contributed by atoms with Gasteiger partial charge < -0.3 is 5.11 Å². The van der Waals surface area contributed by atoms with Gasteiger partial charge in [0.25, 0.3) is 0 Å². The van der Waals surface area contributed by atoms with Gasteiger partial charge in [-0.3, -0.25) is 9.55 Å². The number of fused-ring (bicyclic) bond motifs is 2. The fourth-order valence-electron chi connectivity index (χ4n) is 3.87. The molecular weight excluding hydrogens is 438 g/mol. The van der Waals surface area contributed by atoms with Crippen LogP contribution in [-0.2, 0) is 0 Å². The number of pyridine rings is 2. The van der Waals surface area contributed by atoms with Gasteiger partial charge in [0.1, 0.15) is 33.6 Å². The summed E-state index contributed by atoms with van der Waals surface area (Å²) in [6.07, 6.45) is 2.88. The third-order valence-corrected chi connectivity index (χ3v) is 5.44. The quantitative estimate of drug-likeness (QED) is 0.363. The minimum absolute atomic E-state index is 0.0240. The van der Waals surface area contributed by atoms with Crippen molar-refractivity contribution in [1.29, 1.82) is 0 Å². The van der Waals surface area contributed by atoms with Crippen LogP contribution < -0.4 is 0 Å². The Labute approximate surface area is 184 Å². The molecule has 0 bridgehead atoms. The Balaban J connectivity index is 1.90. The second-order valence-corrected chi connectivity index (χ2v) is 7.53. The minimum atomic E-state index is -1.17. The Bertz CT molecular complexity index is 1570. The highest BCUT2D eigenvalue weighted by molar-refractivity contribution is 6.29. The molecule has 1 N–H and O–H groups in total. The molecular formula is C23H13ClF2N4O2. The van der Waals surface area contributed by atoms with Crippen LogP contribution in [0, 0.1) is 18.6 Å². The zero-order chi connectivity index (χ0) is 22.6. The number of carboxylic acids is 1. The van der Waals surface area contributed by atoms with Gasteiger partial charge in [0.2, 0.25) is 0 Å². The van der Waals surface area contributed by atoms with E-state index in [4.69, 9.17) is 11.6 Å². The van der Waals surface area contributed by atoms with E-state index in [2.05, 4.69) is 15.0 Å². The molecule has 9 heteroatoms. The normalized spacial score (nSPS) is 11.4. The number of aromatic nitrogens is 4. The summed E-state index contributed by atoms with van der Waals surface area (Å²) < 4.78 is 30.7. The van der Waals surface area contributed by atoms with Crippen molar-refractivity contribution in [2.75, 3.05) is 0 Å². The van der Waals surface area contributed by atoms with Crippen LogP contribution >= 0.6 is 11.6 Å². The summed E-state index contributed by atoms with van der Waals surface area (Å²) >= 11 is 6.02. The van der Waals surface area contributed by atoms with E-state index in [1.807, 2.05) is 0 Å². The molecule has 32 heavy (non-hydrogen) atoms. The average Bonchev–Trinajstić information content (AvgIpc) is 3.10. The number of benzene rings is 2. The van der Waals surface area contributed by atoms with Crippen molar-refractivity contribution in [2.24, 2.45) is 0 Å². The van der Waals surface area contributed by atoms with Crippen molar-refractivity contribution in [3.8, 4) is 16.8 Å². The van der Waals surface area contributed by atoms with Gasteiger partial charge in [-0.2, -0.15) is 0 Å². The molecule has 0 atom stereocenters. The fourth-order valence-corrected chi connectivity index (χ4v) is 4.05. The maximum atomic E-state index is 14.8. The first-order valence-corrected chi connectivity index (χ1v) is 9.84. The van der Waals surface area contributed by atoms with Crippen LogP contribution in [0.15, 0.2) is 54.9 Å². The molecule has 5 aromatic rings. The number of nitrogens with zero attached hydrogens (tertiary/aromatic N) is 4. The molecule has 0 aliphatic rings. The molecule has 0 amide bonds. The summed E-state index contributed by atoms with van der Waals surface area (Å²) in [5.41, 5.74) is 1.99. The summed E-state index contributed by atoms with van der Waals surface area (Å²) in [6, 6.07) is 10.1. The van der Waals surface area contributed by atoms with Gasteiger partial charge in [0.05, 0.1) is 22.2 Å². The van der Waals surface area contributed by atoms with Crippen LogP contribution in [-0.4, -0.2) is 30.6 Å². The highest BCUT2D eigenvalue weighted by Crippen LogP contribution is 2.34. The lowest BCUT2D eigenvalue weighted by Gasteiger charge is -2.12. The molecule has 0 aliphatic carbocycles. The summed E-state index contributed by atoms with van der Waals surface area (Å²) in [6.45, 7) is 1.66. The monoisotopic (exact) mass is 450 g/mol. The number of carbonyl (C=O) groups is 1. The van der Waals surface area contributed by atoms with E-state index in [0.717, 1.165) is 12.1 Å². The largest absolute Gasteiger partial charge is 0.478 e. The number of imidazole rings is 1. The van der Waals surface area contributed by atoms with Gasteiger partial charge in [0, 0.05) is 12.4 Å². The molecule has 0 unspecified atom stereocenters. The number of rotatable bonds is 3. The van der Waals surface area contributed by atoms with Crippen molar-refractivity contribution >= 4 is 39.5 Å². The second kappa shape index (κ2) is 7.35. The van der Waals surface area contributed by atoms with E-state index < -0.39 is 17.6 Å². The molecule has 6 nitrogen and oxygen atoms in total. The minimum Gasteiger partial charge on any atom is -0.478 e. The van der Waals surface area contributed by atoms with Crippen LogP contribution in [0.25, 0.3) is 38.8 Å². The summed E-state index contributed by atoms with van der Waals surface area (Å²) in [7, 11) is 0. The van der Waals surface area contributed by atoms with Gasteiger partial charge >= 0.3 is 5.97 Å². The third kappa shape index (κ3) is 3.07. The Morgan fingerprint density at radius 2 is 1.72 bits per heavy atom. The Morgan fingerprint density at radius 1 is 0.969 bits per heavy atom.